The van der Waals surface area contributed by atoms with Crippen molar-refractivity contribution >= 4 is 11.6 Å². The lowest BCUT2D eigenvalue weighted by molar-refractivity contribution is 0.322. The molecule has 1 fully saturated rings. The zero-order chi connectivity index (χ0) is 13.2. The van der Waals surface area contributed by atoms with Crippen molar-refractivity contribution < 1.29 is 4.39 Å². The molecule has 2 rings (SSSR count). The van der Waals surface area contributed by atoms with Crippen LogP contribution in [0, 0.1) is 11.2 Å². The van der Waals surface area contributed by atoms with Crippen molar-refractivity contribution in [2.45, 2.75) is 45.6 Å². The molecule has 0 aliphatic heterocycles. The number of rotatable bonds is 4. The Hall–Kier alpha value is -0.600. The van der Waals surface area contributed by atoms with E-state index in [1.165, 1.54) is 31.4 Å². The lowest BCUT2D eigenvalue weighted by atomic mass is 9.82. The van der Waals surface area contributed by atoms with E-state index in [1.807, 2.05) is 6.07 Å². The van der Waals surface area contributed by atoms with E-state index in [4.69, 9.17) is 11.6 Å². The maximum atomic E-state index is 13.0. The van der Waals surface area contributed by atoms with Crippen LogP contribution in [0.5, 0.6) is 0 Å². The lowest BCUT2D eigenvalue weighted by Gasteiger charge is -2.25. The van der Waals surface area contributed by atoms with Gasteiger partial charge in [0.15, 0.2) is 0 Å². The second-order valence-corrected chi connectivity index (χ2v) is 6.13. The molecule has 3 heteroatoms. The highest BCUT2D eigenvalue weighted by Crippen LogP contribution is 2.41. The van der Waals surface area contributed by atoms with E-state index in [9.17, 15) is 4.39 Å². The van der Waals surface area contributed by atoms with Crippen molar-refractivity contribution in [2.75, 3.05) is 6.54 Å². The maximum Gasteiger partial charge on any atom is 0.124 e. The van der Waals surface area contributed by atoms with E-state index in [2.05, 4.69) is 19.2 Å². The van der Waals surface area contributed by atoms with Crippen LogP contribution >= 0.6 is 11.6 Å². The SMILES string of the molecule is CCNC1CCC(C)(Cc2ccc(F)cc2Cl)C1. The van der Waals surface area contributed by atoms with E-state index in [1.54, 1.807) is 0 Å². The molecular weight excluding hydrogens is 249 g/mol. The minimum absolute atomic E-state index is 0.258. The Balaban J connectivity index is 2.05. The molecule has 0 amide bonds. The molecule has 1 aromatic rings. The van der Waals surface area contributed by atoms with Crippen molar-refractivity contribution in [3.63, 3.8) is 0 Å². The van der Waals surface area contributed by atoms with Gasteiger partial charge in [0.2, 0.25) is 0 Å². The first kappa shape index (κ1) is 13.8. The van der Waals surface area contributed by atoms with Crippen LogP contribution in [0.2, 0.25) is 5.02 Å². The summed E-state index contributed by atoms with van der Waals surface area (Å²) in [6.45, 7) is 5.48. The Morgan fingerprint density at radius 2 is 2.28 bits per heavy atom. The Morgan fingerprint density at radius 1 is 1.50 bits per heavy atom. The van der Waals surface area contributed by atoms with E-state index >= 15 is 0 Å². The van der Waals surface area contributed by atoms with Gasteiger partial charge in [0, 0.05) is 11.1 Å². The lowest BCUT2D eigenvalue weighted by Crippen LogP contribution is -2.28. The number of halogens is 2. The van der Waals surface area contributed by atoms with Gasteiger partial charge in [-0.1, -0.05) is 31.5 Å². The van der Waals surface area contributed by atoms with Crippen LogP contribution in [0.3, 0.4) is 0 Å². The monoisotopic (exact) mass is 269 g/mol. The molecule has 1 aliphatic rings. The zero-order valence-corrected chi connectivity index (χ0v) is 11.9. The van der Waals surface area contributed by atoms with Gasteiger partial charge in [-0.25, -0.2) is 4.39 Å². The van der Waals surface area contributed by atoms with Gasteiger partial charge in [-0.15, -0.1) is 0 Å². The smallest absolute Gasteiger partial charge is 0.124 e. The van der Waals surface area contributed by atoms with Crippen LogP contribution in [-0.4, -0.2) is 12.6 Å². The van der Waals surface area contributed by atoms with Gasteiger partial charge in [0.05, 0.1) is 0 Å². The predicted molar refractivity (Wildman–Crippen MR) is 74.5 cm³/mol. The molecule has 0 radical (unpaired) electrons. The molecule has 100 valence electrons. The normalized spacial score (nSPS) is 27.7. The summed E-state index contributed by atoms with van der Waals surface area (Å²) < 4.78 is 13.0. The van der Waals surface area contributed by atoms with Gasteiger partial charge in [-0.3, -0.25) is 0 Å². The van der Waals surface area contributed by atoms with Crippen molar-refractivity contribution in [3.8, 4) is 0 Å². The summed E-state index contributed by atoms with van der Waals surface area (Å²) in [5, 5.41) is 4.07. The van der Waals surface area contributed by atoms with Crippen LogP contribution in [0.15, 0.2) is 18.2 Å². The van der Waals surface area contributed by atoms with E-state index in [-0.39, 0.29) is 11.2 Å². The fraction of sp³-hybridized carbons (Fsp3) is 0.600. The standard InChI is InChI=1S/C15H21ClFN/c1-3-18-13-6-7-15(2,10-13)9-11-4-5-12(17)8-14(11)16/h4-5,8,13,18H,3,6-7,9-10H2,1-2H3. The topological polar surface area (TPSA) is 12.0 Å². The molecule has 1 N–H and O–H groups in total. The highest BCUT2D eigenvalue weighted by Gasteiger charge is 2.35. The minimum atomic E-state index is -0.258. The first-order valence-corrected chi connectivity index (χ1v) is 7.07. The third kappa shape index (κ3) is 3.24. The number of hydrogen-bond acceptors (Lipinski definition) is 1. The fourth-order valence-electron chi connectivity index (χ4n) is 3.07. The Morgan fingerprint density at radius 3 is 2.94 bits per heavy atom. The van der Waals surface area contributed by atoms with Crippen molar-refractivity contribution in [2.24, 2.45) is 5.41 Å². The van der Waals surface area contributed by atoms with Crippen molar-refractivity contribution in [1.29, 1.82) is 0 Å². The van der Waals surface area contributed by atoms with Gasteiger partial charge in [0.1, 0.15) is 5.82 Å². The quantitative estimate of drug-likeness (QED) is 0.864. The summed E-state index contributed by atoms with van der Waals surface area (Å²) >= 11 is 6.11. The average Bonchev–Trinajstić information content (AvgIpc) is 2.65. The Bertz CT molecular complexity index is 421. The molecule has 1 nitrogen and oxygen atoms in total. The van der Waals surface area contributed by atoms with Gasteiger partial charge in [0.25, 0.3) is 0 Å². The summed E-state index contributed by atoms with van der Waals surface area (Å²) in [5.74, 6) is -0.258. The average molecular weight is 270 g/mol. The second-order valence-electron chi connectivity index (χ2n) is 5.72. The first-order valence-electron chi connectivity index (χ1n) is 6.70. The summed E-state index contributed by atoms with van der Waals surface area (Å²) in [6.07, 6.45) is 4.55. The third-order valence-corrected chi connectivity index (χ3v) is 4.31. The van der Waals surface area contributed by atoms with Crippen LogP contribution < -0.4 is 5.32 Å². The van der Waals surface area contributed by atoms with Crippen molar-refractivity contribution in [3.05, 3.63) is 34.6 Å². The molecule has 0 aromatic heterocycles. The molecule has 1 saturated carbocycles. The van der Waals surface area contributed by atoms with Gasteiger partial charge < -0.3 is 5.32 Å². The van der Waals surface area contributed by atoms with E-state index < -0.39 is 0 Å². The molecule has 0 saturated heterocycles. The third-order valence-electron chi connectivity index (χ3n) is 3.96. The van der Waals surface area contributed by atoms with Crippen LogP contribution in [0.1, 0.15) is 38.7 Å². The molecule has 1 aromatic carbocycles. The molecule has 18 heavy (non-hydrogen) atoms. The second kappa shape index (κ2) is 5.58. The van der Waals surface area contributed by atoms with Crippen molar-refractivity contribution in [1.82, 2.24) is 5.32 Å². The first-order chi connectivity index (χ1) is 8.52. The zero-order valence-electron chi connectivity index (χ0n) is 11.1. The summed E-state index contributed by atoms with van der Waals surface area (Å²) in [7, 11) is 0. The molecule has 1 aliphatic carbocycles. The molecule has 0 bridgehead atoms. The fourth-order valence-corrected chi connectivity index (χ4v) is 3.30. The van der Waals surface area contributed by atoms with E-state index in [0.29, 0.717) is 11.1 Å². The van der Waals surface area contributed by atoms with Crippen LogP contribution in [0.4, 0.5) is 4.39 Å². The van der Waals surface area contributed by atoms with Gasteiger partial charge in [-0.05, 0) is 55.3 Å². The predicted octanol–water partition coefficient (Wildman–Crippen LogP) is 4.19. The number of hydrogen-bond donors (Lipinski definition) is 1. The summed E-state index contributed by atoms with van der Waals surface area (Å²) in [4.78, 5) is 0. The molecule has 2 atom stereocenters. The summed E-state index contributed by atoms with van der Waals surface area (Å²) in [6, 6.07) is 5.36. The largest absolute Gasteiger partial charge is 0.314 e. The molecule has 2 unspecified atom stereocenters. The van der Waals surface area contributed by atoms with Crippen LogP contribution in [0.25, 0.3) is 0 Å². The Labute approximate surface area is 114 Å². The highest BCUT2D eigenvalue weighted by atomic mass is 35.5. The van der Waals surface area contributed by atoms with Crippen LogP contribution in [-0.2, 0) is 6.42 Å². The summed E-state index contributed by atoms with van der Waals surface area (Å²) in [5.41, 5.74) is 1.35. The molecule has 0 spiro atoms. The maximum absolute atomic E-state index is 13.0. The molecular formula is C15H21ClFN. The van der Waals surface area contributed by atoms with E-state index in [0.717, 1.165) is 18.5 Å². The van der Waals surface area contributed by atoms with Gasteiger partial charge in [-0.2, -0.15) is 0 Å². The number of benzene rings is 1. The molecule has 0 heterocycles. The number of nitrogens with one attached hydrogen (secondary N) is 1. The van der Waals surface area contributed by atoms with Gasteiger partial charge >= 0.3 is 0 Å². The highest BCUT2D eigenvalue weighted by molar-refractivity contribution is 6.31. The minimum Gasteiger partial charge on any atom is -0.314 e. The Kier molecular flexibility index (Phi) is 4.29.